The van der Waals surface area contributed by atoms with E-state index in [1.165, 1.54) is 49.9 Å². The maximum Gasteiger partial charge on any atom is 0.145 e. The molecule has 0 atom stereocenters. The minimum Gasteiger partial charge on any atom is -0.298 e. The van der Waals surface area contributed by atoms with Gasteiger partial charge in [0.1, 0.15) is 5.65 Å². The quantitative estimate of drug-likeness (QED) is 0.225. The summed E-state index contributed by atoms with van der Waals surface area (Å²) in [5.74, 6) is 0. The highest BCUT2D eigenvalue weighted by molar-refractivity contribution is 6.07. The standard InChI is InChI=1S/C39H26N2/c1-3-13-27(14-4-1)30-17-7-8-19-32(30)29-23-24-37-38(25-29)41-26-36(34-21-11-12-22-35(34)39(41)40-37)33-20-10-9-18-31(33)28-15-5-2-6-16-28/h1-26H. The smallest absolute Gasteiger partial charge is 0.145 e. The topological polar surface area (TPSA) is 17.3 Å². The average molecular weight is 523 g/mol. The van der Waals surface area contributed by atoms with Crippen LogP contribution in [0.25, 0.3) is 72.0 Å². The third-order valence-electron chi connectivity index (χ3n) is 8.03. The summed E-state index contributed by atoms with van der Waals surface area (Å²) in [6.45, 7) is 0. The van der Waals surface area contributed by atoms with Gasteiger partial charge in [0, 0.05) is 17.1 Å². The zero-order valence-corrected chi connectivity index (χ0v) is 22.4. The van der Waals surface area contributed by atoms with E-state index < -0.39 is 0 Å². The van der Waals surface area contributed by atoms with Crippen molar-refractivity contribution in [1.82, 2.24) is 9.38 Å². The van der Waals surface area contributed by atoms with E-state index in [2.05, 4.69) is 162 Å². The Labute approximate surface area is 238 Å². The molecule has 0 bridgehead atoms. The molecule has 0 saturated carbocycles. The number of hydrogen-bond acceptors (Lipinski definition) is 1. The van der Waals surface area contributed by atoms with Crippen LogP contribution >= 0.6 is 0 Å². The highest BCUT2D eigenvalue weighted by Gasteiger charge is 2.16. The second kappa shape index (κ2) is 9.62. The van der Waals surface area contributed by atoms with Crippen molar-refractivity contribution < 1.29 is 0 Å². The van der Waals surface area contributed by atoms with Crippen molar-refractivity contribution in [3.63, 3.8) is 0 Å². The molecule has 0 fully saturated rings. The van der Waals surface area contributed by atoms with E-state index in [-0.39, 0.29) is 0 Å². The summed E-state index contributed by atoms with van der Waals surface area (Å²) >= 11 is 0. The first kappa shape index (κ1) is 23.4. The first-order valence-electron chi connectivity index (χ1n) is 14.0. The molecule has 0 radical (unpaired) electrons. The highest BCUT2D eigenvalue weighted by atomic mass is 15.0. The molecular formula is C39H26N2. The average Bonchev–Trinajstić information content (AvgIpc) is 3.43. The summed E-state index contributed by atoms with van der Waals surface area (Å²) in [6.07, 6.45) is 2.28. The van der Waals surface area contributed by atoms with Crippen LogP contribution < -0.4 is 0 Å². The van der Waals surface area contributed by atoms with Crippen molar-refractivity contribution in [1.29, 1.82) is 0 Å². The van der Waals surface area contributed by atoms with Gasteiger partial charge in [0.25, 0.3) is 0 Å². The highest BCUT2D eigenvalue weighted by Crippen LogP contribution is 2.39. The van der Waals surface area contributed by atoms with E-state index in [9.17, 15) is 0 Å². The molecule has 41 heavy (non-hydrogen) atoms. The predicted octanol–water partition coefficient (Wildman–Crippen LogP) is 10.3. The third kappa shape index (κ3) is 3.92. The Hall–Kier alpha value is -5.47. The molecule has 2 heteroatoms. The lowest BCUT2D eigenvalue weighted by molar-refractivity contribution is 1.25. The van der Waals surface area contributed by atoms with Crippen LogP contribution in [-0.4, -0.2) is 9.38 Å². The molecule has 8 aromatic rings. The number of pyridine rings is 1. The molecular weight excluding hydrogens is 496 g/mol. The Morgan fingerprint density at radius 1 is 0.390 bits per heavy atom. The summed E-state index contributed by atoms with van der Waals surface area (Å²) in [4.78, 5) is 5.14. The number of rotatable bonds is 4. The zero-order valence-electron chi connectivity index (χ0n) is 22.4. The Balaban J connectivity index is 1.40. The van der Waals surface area contributed by atoms with E-state index in [0.29, 0.717) is 0 Å². The Morgan fingerprint density at radius 3 is 1.56 bits per heavy atom. The molecule has 0 aliphatic heterocycles. The molecule has 0 amide bonds. The van der Waals surface area contributed by atoms with Crippen molar-refractivity contribution in [2.75, 3.05) is 0 Å². The molecule has 0 aliphatic rings. The van der Waals surface area contributed by atoms with Gasteiger partial charge in [0.15, 0.2) is 0 Å². The number of fused-ring (bicyclic) bond motifs is 5. The third-order valence-corrected chi connectivity index (χ3v) is 8.03. The second-order valence-electron chi connectivity index (χ2n) is 10.4. The number of nitrogens with zero attached hydrogens (tertiary/aromatic N) is 2. The SMILES string of the molecule is c1ccc(-c2ccccc2-c2ccc3nc4c5ccccc5c(-c5ccccc5-c5ccccc5)cn4c3c2)cc1. The molecule has 2 aromatic heterocycles. The maximum atomic E-state index is 5.14. The van der Waals surface area contributed by atoms with Gasteiger partial charge < -0.3 is 0 Å². The Kier molecular flexibility index (Phi) is 5.49. The van der Waals surface area contributed by atoms with E-state index in [4.69, 9.17) is 4.98 Å². The van der Waals surface area contributed by atoms with Gasteiger partial charge in [0.2, 0.25) is 0 Å². The number of imidazole rings is 1. The Bertz CT molecular complexity index is 2190. The van der Waals surface area contributed by atoms with E-state index in [0.717, 1.165) is 22.1 Å². The van der Waals surface area contributed by atoms with Crippen LogP contribution in [-0.2, 0) is 0 Å². The summed E-state index contributed by atoms with van der Waals surface area (Å²) in [6, 6.07) is 53.9. The van der Waals surface area contributed by atoms with Gasteiger partial charge in [-0.1, -0.05) is 140 Å². The molecule has 0 aliphatic carbocycles. The van der Waals surface area contributed by atoms with Gasteiger partial charge in [-0.05, 0) is 56.5 Å². The molecule has 6 aromatic carbocycles. The minimum absolute atomic E-state index is 0.977. The van der Waals surface area contributed by atoms with Crippen LogP contribution in [0, 0.1) is 0 Å². The van der Waals surface area contributed by atoms with Crippen LogP contribution in [0.1, 0.15) is 0 Å². The fourth-order valence-corrected chi connectivity index (χ4v) is 6.10. The minimum atomic E-state index is 0.977. The first-order valence-corrected chi connectivity index (χ1v) is 14.0. The van der Waals surface area contributed by atoms with Gasteiger partial charge in [-0.25, -0.2) is 4.98 Å². The van der Waals surface area contributed by atoms with Gasteiger partial charge in [0.05, 0.1) is 11.0 Å². The second-order valence-corrected chi connectivity index (χ2v) is 10.4. The van der Waals surface area contributed by atoms with Crippen LogP contribution in [0.3, 0.4) is 0 Å². The van der Waals surface area contributed by atoms with E-state index in [1.807, 2.05) is 0 Å². The van der Waals surface area contributed by atoms with Crippen LogP contribution in [0.15, 0.2) is 158 Å². The van der Waals surface area contributed by atoms with Gasteiger partial charge >= 0.3 is 0 Å². The van der Waals surface area contributed by atoms with Gasteiger partial charge in [-0.3, -0.25) is 4.40 Å². The lowest BCUT2D eigenvalue weighted by Gasteiger charge is -2.14. The van der Waals surface area contributed by atoms with E-state index >= 15 is 0 Å². The lowest BCUT2D eigenvalue weighted by Crippen LogP contribution is -1.93. The van der Waals surface area contributed by atoms with Crippen LogP contribution in [0.2, 0.25) is 0 Å². The van der Waals surface area contributed by atoms with E-state index in [1.54, 1.807) is 0 Å². The van der Waals surface area contributed by atoms with Crippen molar-refractivity contribution in [2.45, 2.75) is 0 Å². The van der Waals surface area contributed by atoms with Crippen LogP contribution in [0.5, 0.6) is 0 Å². The molecule has 0 N–H and O–H groups in total. The predicted molar refractivity (Wildman–Crippen MR) is 172 cm³/mol. The lowest BCUT2D eigenvalue weighted by atomic mass is 9.92. The van der Waals surface area contributed by atoms with Crippen molar-refractivity contribution in [3.8, 4) is 44.5 Å². The monoisotopic (exact) mass is 522 g/mol. The van der Waals surface area contributed by atoms with Gasteiger partial charge in [-0.2, -0.15) is 0 Å². The molecule has 0 saturated heterocycles. The molecule has 0 unspecified atom stereocenters. The number of aromatic nitrogens is 2. The number of benzene rings is 6. The largest absolute Gasteiger partial charge is 0.298 e. The first-order chi connectivity index (χ1) is 20.3. The van der Waals surface area contributed by atoms with Crippen LogP contribution in [0.4, 0.5) is 0 Å². The summed E-state index contributed by atoms with van der Waals surface area (Å²) in [7, 11) is 0. The summed E-state index contributed by atoms with van der Waals surface area (Å²) in [5, 5.41) is 2.35. The number of hydrogen-bond donors (Lipinski definition) is 0. The van der Waals surface area contributed by atoms with Gasteiger partial charge in [-0.15, -0.1) is 0 Å². The van der Waals surface area contributed by atoms with Crippen molar-refractivity contribution in [3.05, 3.63) is 158 Å². The summed E-state index contributed by atoms with van der Waals surface area (Å²) in [5.41, 5.74) is 12.7. The fourth-order valence-electron chi connectivity index (χ4n) is 6.10. The normalized spacial score (nSPS) is 11.4. The Morgan fingerprint density at radius 2 is 0.902 bits per heavy atom. The maximum absolute atomic E-state index is 5.14. The molecule has 2 nitrogen and oxygen atoms in total. The molecule has 0 spiro atoms. The summed E-state index contributed by atoms with van der Waals surface area (Å²) < 4.78 is 2.28. The van der Waals surface area contributed by atoms with Crippen molar-refractivity contribution in [2.24, 2.45) is 0 Å². The zero-order chi connectivity index (χ0) is 27.2. The molecule has 192 valence electrons. The fraction of sp³-hybridized carbons (Fsp3) is 0. The molecule has 2 heterocycles. The van der Waals surface area contributed by atoms with Crippen molar-refractivity contribution >= 4 is 27.5 Å². The molecule has 8 rings (SSSR count).